The van der Waals surface area contributed by atoms with Crippen molar-refractivity contribution in [2.24, 2.45) is 0 Å². The Kier molecular flexibility index (Phi) is 7.78. The molecule has 4 nitrogen and oxygen atoms in total. The topological polar surface area (TPSA) is 49.4 Å². The van der Waals surface area contributed by atoms with Crippen LogP contribution in [0.2, 0.25) is 0 Å². The van der Waals surface area contributed by atoms with Crippen LogP contribution in [0.5, 0.6) is 0 Å². The zero-order valence-electron chi connectivity index (χ0n) is 17.3. The third-order valence-corrected chi connectivity index (χ3v) is 5.11. The van der Waals surface area contributed by atoms with Crippen molar-refractivity contribution in [2.45, 2.75) is 32.4 Å². The molecule has 0 fully saturated rings. The van der Waals surface area contributed by atoms with Gasteiger partial charge in [0.05, 0.1) is 0 Å². The summed E-state index contributed by atoms with van der Waals surface area (Å²) in [6.07, 6.45) is 1.23. The number of nitrogens with one attached hydrogen (secondary N) is 1. The van der Waals surface area contributed by atoms with Gasteiger partial charge in [0.15, 0.2) is 0 Å². The van der Waals surface area contributed by atoms with Gasteiger partial charge in [-0.05, 0) is 23.1 Å². The first-order chi connectivity index (χ1) is 14.6. The number of amides is 2. The summed E-state index contributed by atoms with van der Waals surface area (Å²) in [4.78, 5) is 27.4. The summed E-state index contributed by atoms with van der Waals surface area (Å²) in [6.45, 7) is 2.46. The molecule has 1 atom stereocenters. The zero-order valence-corrected chi connectivity index (χ0v) is 17.3. The Hall–Kier alpha value is -3.40. The number of carbonyl (C=O) groups is 2. The Morgan fingerprint density at radius 2 is 1.27 bits per heavy atom. The zero-order chi connectivity index (χ0) is 21.2. The van der Waals surface area contributed by atoms with Crippen LogP contribution in [0.4, 0.5) is 0 Å². The van der Waals surface area contributed by atoms with Gasteiger partial charge < -0.3 is 10.2 Å². The highest BCUT2D eigenvalue weighted by Crippen LogP contribution is 2.14. The minimum Gasteiger partial charge on any atom is -0.354 e. The van der Waals surface area contributed by atoms with Crippen LogP contribution in [-0.2, 0) is 29.0 Å². The first-order valence-corrected chi connectivity index (χ1v) is 10.3. The molecule has 3 aromatic carbocycles. The van der Waals surface area contributed by atoms with Gasteiger partial charge in [-0.2, -0.15) is 0 Å². The second-order valence-electron chi connectivity index (χ2n) is 7.36. The molecule has 0 bridgehead atoms. The van der Waals surface area contributed by atoms with Crippen molar-refractivity contribution in [3.8, 4) is 0 Å². The molecule has 0 saturated carbocycles. The van der Waals surface area contributed by atoms with Crippen LogP contribution >= 0.6 is 0 Å². The van der Waals surface area contributed by atoms with E-state index in [-0.39, 0.29) is 11.8 Å². The maximum Gasteiger partial charge on any atom is 0.243 e. The molecule has 0 aliphatic heterocycles. The van der Waals surface area contributed by atoms with Gasteiger partial charge in [0.2, 0.25) is 11.8 Å². The van der Waals surface area contributed by atoms with E-state index in [9.17, 15) is 9.59 Å². The highest BCUT2D eigenvalue weighted by molar-refractivity contribution is 5.87. The molecule has 30 heavy (non-hydrogen) atoms. The van der Waals surface area contributed by atoms with E-state index in [1.807, 2.05) is 91.0 Å². The standard InChI is InChI=1S/C26H28N2O2/c1-21(29)28(20-24-15-9-4-10-16-24)25(19-23-13-7-3-8-14-23)26(30)27-18-17-22-11-5-2-6-12-22/h2-16,25H,17-20H2,1H3,(H,27,30). The fraction of sp³-hybridized carbons (Fsp3) is 0.231. The molecule has 0 aliphatic carbocycles. The van der Waals surface area contributed by atoms with Crippen LogP contribution in [0.3, 0.4) is 0 Å². The predicted molar refractivity (Wildman–Crippen MR) is 120 cm³/mol. The summed E-state index contributed by atoms with van der Waals surface area (Å²) in [5, 5.41) is 3.04. The van der Waals surface area contributed by atoms with Crippen LogP contribution in [0.15, 0.2) is 91.0 Å². The van der Waals surface area contributed by atoms with E-state index >= 15 is 0 Å². The van der Waals surface area contributed by atoms with Crippen molar-refractivity contribution >= 4 is 11.8 Å². The summed E-state index contributed by atoms with van der Waals surface area (Å²) in [5.41, 5.74) is 3.20. The van der Waals surface area contributed by atoms with Crippen molar-refractivity contribution < 1.29 is 9.59 Å². The van der Waals surface area contributed by atoms with Gasteiger partial charge in [-0.3, -0.25) is 9.59 Å². The molecule has 0 saturated heterocycles. The highest BCUT2D eigenvalue weighted by Gasteiger charge is 2.28. The Bertz CT molecular complexity index is 927. The van der Waals surface area contributed by atoms with Crippen LogP contribution in [-0.4, -0.2) is 29.3 Å². The number of benzene rings is 3. The van der Waals surface area contributed by atoms with E-state index in [0.717, 1.165) is 17.5 Å². The Morgan fingerprint density at radius 3 is 1.80 bits per heavy atom. The van der Waals surface area contributed by atoms with Crippen molar-refractivity contribution in [3.05, 3.63) is 108 Å². The van der Waals surface area contributed by atoms with E-state index in [4.69, 9.17) is 0 Å². The van der Waals surface area contributed by atoms with Crippen molar-refractivity contribution in [2.75, 3.05) is 6.54 Å². The van der Waals surface area contributed by atoms with Gasteiger partial charge in [0.1, 0.15) is 6.04 Å². The van der Waals surface area contributed by atoms with Gasteiger partial charge in [0.25, 0.3) is 0 Å². The van der Waals surface area contributed by atoms with Crippen LogP contribution in [0.1, 0.15) is 23.6 Å². The van der Waals surface area contributed by atoms with Gasteiger partial charge in [-0.15, -0.1) is 0 Å². The molecule has 4 heteroatoms. The van der Waals surface area contributed by atoms with Crippen molar-refractivity contribution in [1.82, 2.24) is 10.2 Å². The summed E-state index contributed by atoms with van der Waals surface area (Å²) in [7, 11) is 0. The number of nitrogens with zero attached hydrogens (tertiary/aromatic N) is 1. The molecule has 3 rings (SSSR count). The Morgan fingerprint density at radius 1 is 0.767 bits per heavy atom. The SMILES string of the molecule is CC(=O)N(Cc1ccccc1)C(Cc1ccccc1)C(=O)NCCc1ccccc1. The Balaban J connectivity index is 1.75. The van der Waals surface area contributed by atoms with Gasteiger partial charge in [0, 0.05) is 26.4 Å². The van der Waals surface area contributed by atoms with Gasteiger partial charge >= 0.3 is 0 Å². The van der Waals surface area contributed by atoms with Crippen molar-refractivity contribution in [3.63, 3.8) is 0 Å². The second-order valence-corrected chi connectivity index (χ2v) is 7.36. The molecule has 0 heterocycles. The highest BCUT2D eigenvalue weighted by atomic mass is 16.2. The lowest BCUT2D eigenvalue weighted by molar-refractivity contribution is -0.139. The largest absolute Gasteiger partial charge is 0.354 e. The first kappa shape index (κ1) is 21.3. The molecule has 1 unspecified atom stereocenters. The van der Waals surface area contributed by atoms with Crippen LogP contribution in [0.25, 0.3) is 0 Å². The first-order valence-electron chi connectivity index (χ1n) is 10.3. The van der Waals surface area contributed by atoms with E-state index in [1.54, 1.807) is 4.90 Å². The number of hydrogen-bond donors (Lipinski definition) is 1. The Labute approximate surface area is 178 Å². The molecule has 154 valence electrons. The van der Waals surface area contributed by atoms with E-state index < -0.39 is 6.04 Å². The molecular formula is C26H28N2O2. The minimum absolute atomic E-state index is 0.113. The van der Waals surface area contributed by atoms with E-state index in [1.165, 1.54) is 12.5 Å². The minimum atomic E-state index is -0.569. The second kappa shape index (κ2) is 11.0. The lowest BCUT2D eigenvalue weighted by Crippen LogP contribution is -2.50. The van der Waals surface area contributed by atoms with Crippen LogP contribution < -0.4 is 5.32 Å². The average molecular weight is 401 g/mol. The number of hydrogen-bond acceptors (Lipinski definition) is 2. The predicted octanol–water partition coefficient (Wildman–Crippen LogP) is 4.01. The fourth-order valence-electron chi connectivity index (χ4n) is 3.50. The number of carbonyl (C=O) groups excluding carboxylic acids is 2. The molecule has 2 amide bonds. The summed E-state index contributed by atoms with van der Waals surface area (Å²) in [6, 6.07) is 29.1. The van der Waals surface area contributed by atoms with Gasteiger partial charge in [-0.25, -0.2) is 0 Å². The molecule has 0 spiro atoms. The van der Waals surface area contributed by atoms with E-state index in [0.29, 0.717) is 19.5 Å². The normalized spacial score (nSPS) is 11.5. The van der Waals surface area contributed by atoms with Crippen molar-refractivity contribution in [1.29, 1.82) is 0 Å². The van der Waals surface area contributed by atoms with Gasteiger partial charge in [-0.1, -0.05) is 91.0 Å². The molecular weight excluding hydrogens is 372 g/mol. The maximum atomic E-state index is 13.2. The third-order valence-electron chi connectivity index (χ3n) is 5.11. The molecule has 1 N–H and O–H groups in total. The summed E-state index contributed by atoms with van der Waals surface area (Å²) < 4.78 is 0. The number of rotatable bonds is 9. The molecule has 0 aromatic heterocycles. The lowest BCUT2D eigenvalue weighted by Gasteiger charge is -2.30. The van der Waals surface area contributed by atoms with Crippen LogP contribution in [0, 0.1) is 0 Å². The lowest BCUT2D eigenvalue weighted by atomic mass is 10.0. The summed E-state index contributed by atoms with van der Waals surface area (Å²) in [5.74, 6) is -0.237. The summed E-state index contributed by atoms with van der Waals surface area (Å²) >= 11 is 0. The van der Waals surface area contributed by atoms with E-state index in [2.05, 4.69) is 5.32 Å². The molecule has 3 aromatic rings. The quantitative estimate of drug-likeness (QED) is 0.590. The average Bonchev–Trinajstić information content (AvgIpc) is 2.78. The molecule has 0 radical (unpaired) electrons. The smallest absolute Gasteiger partial charge is 0.243 e. The monoisotopic (exact) mass is 400 g/mol. The maximum absolute atomic E-state index is 13.2. The third kappa shape index (κ3) is 6.31. The molecule has 0 aliphatic rings. The fourth-order valence-corrected chi connectivity index (χ4v) is 3.50.